The molecule has 0 bridgehead atoms. The van der Waals surface area contributed by atoms with Gasteiger partial charge in [-0.3, -0.25) is 4.79 Å². The maximum Gasteiger partial charge on any atom is 0.262 e. The van der Waals surface area contributed by atoms with E-state index in [1.165, 1.54) is 6.08 Å². The minimum absolute atomic E-state index is 0.0420. The molecule has 27 heavy (non-hydrogen) atoms. The lowest BCUT2D eigenvalue weighted by molar-refractivity contribution is -0.119. The van der Waals surface area contributed by atoms with Gasteiger partial charge in [-0.2, -0.15) is 5.26 Å². The van der Waals surface area contributed by atoms with Gasteiger partial charge in [-0.15, -0.1) is 0 Å². The lowest BCUT2D eigenvalue weighted by Gasteiger charge is -2.31. The van der Waals surface area contributed by atoms with Gasteiger partial charge in [0.1, 0.15) is 22.0 Å². The number of nitrogens with zero attached hydrogens (tertiary/aromatic N) is 2. The largest absolute Gasteiger partial charge is 0.497 e. The number of pyridine rings is 1. The van der Waals surface area contributed by atoms with E-state index in [0.717, 1.165) is 37.0 Å². The average molecular weight is 426 g/mol. The molecule has 2 aromatic rings. The topological polar surface area (TPSA) is 75.0 Å². The molecule has 0 unspecified atom stereocenters. The van der Waals surface area contributed by atoms with Gasteiger partial charge in [0.15, 0.2) is 0 Å². The van der Waals surface area contributed by atoms with Crippen LogP contribution in [0.1, 0.15) is 36.9 Å². The Kier molecular flexibility index (Phi) is 5.92. The normalized spacial score (nSPS) is 15.8. The minimum atomic E-state index is -0.454. The maximum absolute atomic E-state index is 12.9. The predicted octanol–water partition coefficient (Wildman–Crippen LogP) is 4.35. The van der Waals surface area contributed by atoms with Gasteiger partial charge in [-0.25, -0.2) is 4.98 Å². The first-order valence-corrected chi connectivity index (χ1v) is 9.57. The van der Waals surface area contributed by atoms with Gasteiger partial charge < -0.3 is 10.1 Å². The van der Waals surface area contributed by atoms with Crippen LogP contribution in [0.5, 0.6) is 5.75 Å². The van der Waals surface area contributed by atoms with Crippen molar-refractivity contribution in [1.82, 2.24) is 10.3 Å². The number of hydrogen-bond acceptors (Lipinski definition) is 4. The van der Waals surface area contributed by atoms with Crippen LogP contribution in [0.25, 0.3) is 6.08 Å². The Bertz CT molecular complexity index is 894. The molecule has 1 N–H and O–H groups in total. The molecule has 1 amide bonds. The monoisotopic (exact) mass is 425 g/mol. The number of rotatable bonds is 5. The third-order valence-electron chi connectivity index (χ3n) is 4.85. The maximum atomic E-state index is 12.9. The van der Waals surface area contributed by atoms with Gasteiger partial charge in [-0.1, -0.05) is 31.0 Å². The van der Waals surface area contributed by atoms with Gasteiger partial charge in [-0.05, 0) is 64.7 Å². The van der Waals surface area contributed by atoms with E-state index >= 15 is 0 Å². The zero-order valence-electron chi connectivity index (χ0n) is 15.0. The average Bonchev–Trinajstić information content (AvgIpc) is 3.15. The lowest BCUT2D eigenvalue weighted by atomic mass is 9.87. The number of halogens is 1. The Morgan fingerprint density at radius 2 is 1.96 bits per heavy atom. The molecule has 5 nitrogen and oxygen atoms in total. The number of carbonyl (C=O) groups is 1. The van der Waals surface area contributed by atoms with Crippen molar-refractivity contribution in [2.24, 2.45) is 0 Å². The summed E-state index contributed by atoms with van der Waals surface area (Å²) in [6, 6.07) is 15.1. The molecule has 0 saturated heterocycles. The number of hydrogen-bond donors (Lipinski definition) is 1. The number of aromatic nitrogens is 1. The van der Waals surface area contributed by atoms with Crippen molar-refractivity contribution in [3.05, 3.63) is 63.9 Å². The molecule has 1 aliphatic rings. The summed E-state index contributed by atoms with van der Waals surface area (Å²) in [5.41, 5.74) is 1.18. The molecule has 0 atom stereocenters. The van der Waals surface area contributed by atoms with E-state index in [1.807, 2.05) is 36.4 Å². The van der Waals surface area contributed by atoms with E-state index in [4.69, 9.17) is 4.74 Å². The molecule has 3 rings (SSSR count). The van der Waals surface area contributed by atoms with Crippen molar-refractivity contribution >= 4 is 27.9 Å². The molecule has 0 spiro atoms. The van der Waals surface area contributed by atoms with Crippen molar-refractivity contribution in [2.45, 2.75) is 31.2 Å². The molecular formula is C21H20BrN3O2. The third-order valence-corrected chi connectivity index (χ3v) is 5.29. The Morgan fingerprint density at radius 1 is 1.26 bits per heavy atom. The highest BCUT2D eigenvalue weighted by molar-refractivity contribution is 9.10. The number of benzene rings is 1. The van der Waals surface area contributed by atoms with Gasteiger partial charge in [0.25, 0.3) is 5.91 Å². The standard InChI is InChI=1S/C21H20BrN3O2/c1-27-18-9-7-16(8-10-18)21(11-2-3-12-21)25-20(26)15(14-23)13-17-5-4-6-19(22)24-17/h4-10,13H,2-3,11-12H2,1H3,(H,25,26). The number of nitrogens with one attached hydrogen (secondary N) is 1. The van der Waals surface area contributed by atoms with Gasteiger partial charge in [0.2, 0.25) is 0 Å². The van der Waals surface area contributed by atoms with Crippen LogP contribution in [0, 0.1) is 11.3 Å². The molecule has 0 aliphatic heterocycles. The number of ether oxygens (including phenoxy) is 1. The summed E-state index contributed by atoms with van der Waals surface area (Å²) >= 11 is 3.30. The van der Waals surface area contributed by atoms with Crippen LogP contribution in [0.15, 0.2) is 52.6 Å². The lowest BCUT2D eigenvalue weighted by Crippen LogP contribution is -2.44. The highest BCUT2D eigenvalue weighted by atomic mass is 79.9. The van der Waals surface area contributed by atoms with Crippen molar-refractivity contribution in [2.75, 3.05) is 7.11 Å². The summed E-state index contributed by atoms with van der Waals surface area (Å²) < 4.78 is 5.88. The Labute approximate surface area is 167 Å². The van der Waals surface area contributed by atoms with Crippen LogP contribution in [0.3, 0.4) is 0 Å². The molecule has 1 saturated carbocycles. The Morgan fingerprint density at radius 3 is 2.56 bits per heavy atom. The number of carbonyl (C=O) groups excluding carboxylic acids is 1. The summed E-state index contributed by atoms with van der Waals surface area (Å²) in [4.78, 5) is 17.1. The zero-order chi connectivity index (χ0) is 19.3. The molecule has 0 radical (unpaired) electrons. The number of nitriles is 1. The summed E-state index contributed by atoms with van der Waals surface area (Å²) in [6.45, 7) is 0. The zero-order valence-corrected chi connectivity index (χ0v) is 16.6. The summed E-state index contributed by atoms with van der Waals surface area (Å²) in [6.07, 6.45) is 5.27. The first kappa shape index (κ1) is 19.1. The number of amides is 1. The van der Waals surface area contributed by atoms with E-state index in [-0.39, 0.29) is 11.5 Å². The van der Waals surface area contributed by atoms with E-state index < -0.39 is 5.54 Å². The fourth-order valence-corrected chi connectivity index (χ4v) is 3.82. The Hall–Kier alpha value is -2.65. The second kappa shape index (κ2) is 8.36. The molecule has 1 aliphatic carbocycles. The molecule has 1 aromatic heterocycles. The van der Waals surface area contributed by atoms with Crippen molar-refractivity contribution in [3.63, 3.8) is 0 Å². The summed E-state index contributed by atoms with van der Waals surface area (Å²) in [5.74, 6) is 0.397. The molecule has 1 aromatic carbocycles. The van der Waals surface area contributed by atoms with Crippen LogP contribution in [0.2, 0.25) is 0 Å². The van der Waals surface area contributed by atoms with Crippen LogP contribution in [-0.2, 0) is 10.3 Å². The van der Waals surface area contributed by atoms with Gasteiger partial charge >= 0.3 is 0 Å². The predicted molar refractivity (Wildman–Crippen MR) is 107 cm³/mol. The van der Waals surface area contributed by atoms with Crippen molar-refractivity contribution in [1.29, 1.82) is 5.26 Å². The SMILES string of the molecule is COc1ccc(C2(NC(=O)C(C#N)=Cc3cccc(Br)n3)CCCC2)cc1. The third kappa shape index (κ3) is 4.37. The molecular weight excluding hydrogens is 406 g/mol. The van der Waals surface area contributed by atoms with Gasteiger partial charge in [0.05, 0.1) is 18.3 Å². The van der Waals surface area contributed by atoms with Crippen LogP contribution >= 0.6 is 15.9 Å². The molecule has 138 valence electrons. The molecule has 1 heterocycles. The van der Waals surface area contributed by atoms with E-state index in [2.05, 4.69) is 26.2 Å². The van der Waals surface area contributed by atoms with Gasteiger partial charge in [0, 0.05) is 0 Å². The highest BCUT2D eigenvalue weighted by Crippen LogP contribution is 2.39. The first-order valence-electron chi connectivity index (χ1n) is 8.78. The second-order valence-corrected chi connectivity index (χ2v) is 7.34. The summed E-state index contributed by atoms with van der Waals surface area (Å²) in [5, 5.41) is 12.6. The quantitative estimate of drug-likeness (QED) is 0.438. The Balaban J connectivity index is 1.87. The first-order chi connectivity index (χ1) is 13.1. The van der Waals surface area contributed by atoms with E-state index in [1.54, 1.807) is 19.2 Å². The second-order valence-electron chi connectivity index (χ2n) is 6.53. The van der Waals surface area contributed by atoms with Crippen molar-refractivity contribution < 1.29 is 9.53 Å². The smallest absolute Gasteiger partial charge is 0.262 e. The summed E-state index contributed by atoms with van der Waals surface area (Å²) in [7, 11) is 1.63. The fraction of sp³-hybridized carbons (Fsp3) is 0.286. The number of methoxy groups -OCH3 is 1. The van der Waals surface area contributed by atoms with Crippen LogP contribution in [0.4, 0.5) is 0 Å². The fourth-order valence-electron chi connectivity index (χ4n) is 3.46. The minimum Gasteiger partial charge on any atom is -0.497 e. The van der Waals surface area contributed by atoms with E-state index in [0.29, 0.717) is 10.3 Å². The highest BCUT2D eigenvalue weighted by Gasteiger charge is 2.37. The molecule has 1 fully saturated rings. The molecule has 6 heteroatoms. The van der Waals surface area contributed by atoms with Crippen LogP contribution < -0.4 is 10.1 Å². The van der Waals surface area contributed by atoms with Crippen LogP contribution in [-0.4, -0.2) is 18.0 Å². The van der Waals surface area contributed by atoms with Crippen molar-refractivity contribution in [3.8, 4) is 11.8 Å². The van der Waals surface area contributed by atoms with E-state index in [9.17, 15) is 10.1 Å².